The van der Waals surface area contributed by atoms with Crippen LogP contribution in [0.1, 0.15) is 49.1 Å². The normalized spacial score (nSPS) is 26.0. The van der Waals surface area contributed by atoms with Crippen molar-refractivity contribution in [3.05, 3.63) is 59.8 Å². The van der Waals surface area contributed by atoms with Gasteiger partial charge in [0.05, 0.1) is 24.5 Å². The first-order valence-corrected chi connectivity index (χ1v) is 13.9. The Morgan fingerprint density at radius 1 is 1.09 bits per heavy atom. The van der Waals surface area contributed by atoms with Gasteiger partial charge >= 0.3 is 6.18 Å². The highest BCUT2D eigenvalue weighted by Gasteiger charge is 2.34. The summed E-state index contributed by atoms with van der Waals surface area (Å²) in [7, 11) is -3.35. The topological polar surface area (TPSA) is 71.5 Å². The van der Waals surface area contributed by atoms with Gasteiger partial charge < -0.3 is 9.64 Å². The summed E-state index contributed by atoms with van der Waals surface area (Å²) in [4.78, 5) is 6.57. The second-order valence-electron chi connectivity index (χ2n) is 9.61. The lowest BCUT2D eigenvalue weighted by atomic mass is 9.82. The monoisotopic (exact) mass is 511 g/mol. The fraction of sp³-hybridized carbons (Fsp3) is 0.560. The minimum absolute atomic E-state index is 0.0150. The van der Waals surface area contributed by atoms with Gasteiger partial charge in [-0.25, -0.2) is 18.1 Å². The second-order valence-corrected chi connectivity index (χ2v) is 11.4. The van der Waals surface area contributed by atoms with Crippen LogP contribution in [0.3, 0.4) is 0 Å². The Kier molecular flexibility index (Phi) is 8.02. The number of rotatable bonds is 7. The molecule has 1 aromatic heterocycles. The van der Waals surface area contributed by atoms with E-state index >= 15 is 0 Å². The fourth-order valence-corrected chi connectivity index (χ4v) is 6.03. The number of aromatic nitrogens is 1. The van der Waals surface area contributed by atoms with E-state index < -0.39 is 21.8 Å². The van der Waals surface area contributed by atoms with Crippen molar-refractivity contribution in [2.75, 3.05) is 30.9 Å². The van der Waals surface area contributed by atoms with Crippen LogP contribution < -0.4 is 9.62 Å². The molecule has 0 bridgehead atoms. The average molecular weight is 512 g/mol. The van der Waals surface area contributed by atoms with Crippen LogP contribution in [0.25, 0.3) is 0 Å². The number of sulfonamides is 1. The molecular weight excluding hydrogens is 479 g/mol. The molecule has 1 unspecified atom stereocenters. The molecule has 6 nitrogen and oxygen atoms in total. The SMILES string of the molecule is CS(=O)(=O)NC1CCN(c2ccccn2)C[C@H]1CO[C@H]1CC[C@@H](c2cccc(C(F)(F)F)c2)CC1. The molecule has 1 N–H and O–H groups in total. The van der Waals surface area contributed by atoms with Gasteiger partial charge in [0.15, 0.2) is 0 Å². The van der Waals surface area contributed by atoms with Crippen molar-refractivity contribution in [3.8, 4) is 0 Å². The highest BCUT2D eigenvalue weighted by Crippen LogP contribution is 2.37. The Labute approximate surface area is 204 Å². The number of benzene rings is 1. The Morgan fingerprint density at radius 2 is 1.86 bits per heavy atom. The number of hydrogen-bond donors (Lipinski definition) is 1. The van der Waals surface area contributed by atoms with Gasteiger partial charge in [0, 0.05) is 31.2 Å². The van der Waals surface area contributed by atoms with E-state index in [1.54, 1.807) is 12.3 Å². The van der Waals surface area contributed by atoms with Crippen molar-refractivity contribution in [2.24, 2.45) is 5.92 Å². The van der Waals surface area contributed by atoms with Crippen molar-refractivity contribution in [2.45, 2.75) is 56.3 Å². The van der Waals surface area contributed by atoms with Crippen LogP contribution in [0.5, 0.6) is 0 Å². The molecule has 2 heterocycles. The molecule has 1 aliphatic carbocycles. The van der Waals surface area contributed by atoms with Gasteiger partial charge in [-0.2, -0.15) is 13.2 Å². The zero-order chi connectivity index (χ0) is 25.1. The number of anilines is 1. The number of halogens is 3. The maximum absolute atomic E-state index is 13.1. The van der Waals surface area contributed by atoms with E-state index in [0.29, 0.717) is 26.1 Å². The molecule has 2 atom stereocenters. The molecule has 2 aliphatic rings. The third-order valence-electron chi connectivity index (χ3n) is 6.98. The predicted molar refractivity (Wildman–Crippen MR) is 129 cm³/mol. The van der Waals surface area contributed by atoms with Crippen LogP contribution in [0.2, 0.25) is 0 Å². The highest BCUT2D eigenvalue weighted by molar-refractivity contribution is 7.88. The van der Waals surface area contributed by atoms with E-state index in [1.165, 1.54) is 18.4 Å². The lowest BCUT2D eigenvalue weighted by Gasteiger charge is -2.40. The standard InChI is InChI=1S/C25H32F3N3O3S/c1-35(32,33)30-23-12-14-31(24-7-2-3-13-29-24)16-20(23)17-34-22-10-8-18(9-11-22)19-5-4-6-21(15-19)25(26,27)28/h2-7,13,15,18,20,22-23,30H,8-12,14,16-17H2,1H3/t18-,20-,22+,23?/m0/s1. The Hall–Kier alpha value is -2.17. The fourth-order valence-electron chi connectivity index (χ4n) is 5.17. The molecule has 2 aromatic rings. The van der Waals surface area contributed by atoms with Crippen molar-refractivity contribution < 1.29 is 26.3 Å². The van der Waals surface area contributed by atoms with Gasteiger partial charge in [-0.15, -0.1) is 0 Å². The van der Waals surface area contributed by atoms with Gasteiger partial charge in [0.25, 0.3) is 0 Å². The Balaban J connectivity index is 1.34. The first-order valence-electron chi connectivity index (χ1n) is 12.0. The van der Waals surface area contributed by atoms with Crippen LogP contribution in [0.15, 0.2) is 48.7 Å². The Bertz CT molecular complexity index is 1070. The summed E-state index contributed by atoms with van der Waals surface area (Å²) in [5.74, 6) is 0.907. The van der Waals surface area contributed by atoms with E-state index in [9.17, 15) is 21.6 Å². The van der Waals surface area contributed by atoms with Gasteiger partial charge in [-0.3, -0.25) is 0 Å². The van der Waals surface area contributed by atoms with E-state index in [2.05, 4.69) is 14.6 Å². The summed E-state index contributed by atoms with van der Waals surface area (Å²) >= 11 is 0. The smallest absolute Gasteiger partial charge is 0.378 e. The van der Waals surface area contributed by atoms with Crippen LogP contribution >= 0.6 is 0 Å². The number of nitrogens with zero attached hydrogens (tertiary/aromatic N) is 2. The molecule has 0 spiro atoms. The summed E-state index contributed by atoms with van der Waals surface area (Å²) in [6, 6.07) is 11.1. The van der Waals surface area contributed by atoms with E-state index in [4.69, 9.17) is 4.74 Å². The molecule has 1 saturated heterocycles. The van der Waals surface area contributed by atoms with Gasteiger partial charge in [0.2, 0.25) is 10.0 Å². The molecular formula is C25H32F3N3O3S. The number of alkyl halides is 3. The third kappa shape index (κ3) is 7.17. The third-order valence-corrected chi connectivity index (χ3v) is 7.71. The predicted octanol–water partition coefficient (Wildman–Crippen LogP) is 4.59. The molecule has 192 valence electrons. The first-order chi connectivity index (χ1) is 16.6. The van der Waals surface area contributed by atoms with Gasteiger partial charge in [-0.05, 0) is 61.8 Å². The van der Waals surface area contributed by atoms with Crippen molar-refractivity contribution in [1.82, 2.24) is 9.71 Å². The van der Waals surface area contributed by atoms with Crippen molar-refractivity contribution in [1.29, 1.82) is 0 Å². The van der Waals surface area contributed by atoms with Gasteiger partial charge in [0.1, 0.15) is 5.82 Å². The maximum atomic E-state index is 13.1. The molecule has 0 radical (unpaired) electrons. The molecule has 35 heavy (non-hydrogen) atoms. The number of piperidine rings is 1. The number of pyridine rings is 1. The molecule has 1 saturated carbocycles. The Morgan fingerprint density at radius 3 is 2.51 bits per heavy atom. The minimum atomic E-state index is -4.34. The first kappa shape index (κ1) is 25.9. The number of ether oxygens (including phenoxy) is 1. The van der Waals surface area contributed by atoms with Crippen LogP contribution in [0.4, 0.5) is 19.0 Å². The number of nitrogens with one attached hydrogen (secondary N) is 1. The second kappa shape index (κ2) is 10.8. The summed E-state index contributed by atoms with van der Waals surface area (Å²) in [5, 5.41) is 0. The summed E-state index contributed by atoms with van der Waals surface area (Å²) in [6.07, 6.45) is 2.31. The lowest BCUT2D eigenvalue weighted by Crippen LogP contribution is -2.52. The minimum Gasteiger partial charge on any atom is -0.378 e. The lowest BCUT2D eigenvalue weighted by molar-refractivity contribution is -0.137. The molecule has 1 aliphatic heterocycles. The van der Waals surface area contributed by atoms with Crippen molar-refractivity contribution in [3.63, 3.8) is 0 Å². The van der Waals surface area contributed by atoms with E-state index in [-0.39, 0.29) is 24.0 Å². The zero-order valence-electron chi connectivity index (χ0n) is 19.7. The zero-order valence-corrected chi connectivity index (χ0v) is 20.6. The average Bonchev–Trinajstić information content (AvgIpc) is 2.83. The van der Waals surface area contributed by atoms with Crippen LogP contribution in [-0.4, -0.2) is 51.5 Å². The van der Waals surface area contributed by atoms with Crippen molar-refractivity contribution >= 4 is 15.8 Å². The van der Waals surface area contributed by atoms with E-state index in [0.717, 1.165) is 43.1 Å². The highest BCUT2D eigenvalue weighted by atomic mass is 32.2. The summed E-state index contributed by atoms with van der Waals surface area (Å²) in [6.45, 7) is 1.74. The van der Waals surface area contributed by atoms with E-state index in [1.807, 2.05) is 18.2 Å². The maximum Gasteiger partial charge on any atom is 0.416 e. The summed E-state index contributed by atoms with van der Waals surface area (Å²) in [5.41, 5.74) is 0.126. The molecule has 0 amide bonds. The molecule has 2 fully saturated rings. The van der Waals surface area contributed by atoms with Crippen LogP contribution in [0, 0.1) is 5.92 Å². The number of hydrogen-bond acceptors (Lipinski definition) is 5. The quantitative estimate of drug-likeness (QED) is 0.589. The molecule has 1 aromatic carbocycles. The summed E-state index contributed by atoms with van der Waals surface area (Å²) < 4.78 is 72.1. The molecule has 4 rings (SSSR count). The molecule has 10 heteroatoms. The van der Waals surface area contributed by atoms with Crippen LogP contribution in [-0.2, 0) is 20.9 Å². The van der Waals surface area contributed by atoms with Gasteiger partial charge in [-0.1, -0.05) is 24.3 Å². The largest absolute Gasteiger partial charge is 0.416 e.